The number of Topliss-reactive ketones (excluding diaryl/α,β-unsaturated/α-hetero) is 1. The molecule has 0 spiro atoms. The summed E-state index contributed by atoms with van der Waals surface area (Å²) in [6.07, 6.45) is 11.0. The Morgan fingerprint density at radius 2 is 1.96 bits per heavy atom. The van der Waals surface area contributed by atoms with Gasteiger partial charge in [0.25, 0.3) is 0 Å². The van der Waals surface area contributed by atoms with Crippen LogP contribution in [0.15, 0.2) is 24.3 Å². The van der Waals surface area contributed by atoms with Crippen molar-refractivity contribution in [2.24, 2.45) is 11.8 Å². The summed E-state index contributed by atoms with van der Waals surface area (Å²) < 4.78 is 0. The van der Waals surface area contributed by atoms with E-state index in [2.05, 4.69) is 44.2 Å². The van der Waals surface area contributed by atoms with Gasteiger partial charge in [-0.15, -0.1) is 0 Å². The van der Waals surface area contributed by atoms with Gasteiger partial charge in [0.05, 0.1) is 0 Å². The van der Waals surface area contributed by atoms with E-state index in [1.54, 1.807) is 0 Å². The third-order valence-electron chi connectivity index (χ3n) is 5.48. The summed E-state index contributed by atoms with van der Waals surface area (Å²) in [5, 5.41) is 8.65. The molecule has 0 aromatic heterocycles. The average Bonchev–Trinajstić information content (AvgIpc) is 2.92. The second-order valence-electron chi connectivity index (χ2n) is 7.27. The Labute approximate surface area is 151 Å². The maximum Gasteiger partial charge on any atom is 0.303 e. The smallest absolute Gasteiger partial charge is 0.303 e. The molecule has 1 N–H and O–H groups in total. The highest BCUT2D eigenvalue weighted by atomic mass is 16.4. The molecule has 0 unspecified atom stereocenters. The molecule has 1 aliphatic rings. The number of rotatable bonds is 9. The van der Waals surface area contributed by atoms with Gasteiger partial charge in [-0.05, 0) is 55.7 Å². The zero-order valence-electron chi connectivity index (χ0n) is 15.5. The Morgan fingerprint density at radius 1 is 1.20 bits per heavy atom. The molecule has 1 aromatic rings. The zero-order valence-corrected chi connectivity index (χ0v) is 15.5. The monoisotopic (exact) mass is 342 g/mol. The van der Waals surface area contributed by atoms with Gasteiger partial charge in [-0.2, -0.15) is 0 Å². The predicted octanol–water partition coefficient (Wildman–Crippen LogP) is 5.34. The van der Waals surface area contributed by atoms with Gasteiger partial charge in [0.2, 0.25) is 0 Å². The molecule has 2 atom stereocenters. The van der Waals surface area contributed by atoms with Gasteiger partial charge < -0.3 is 5.11 Å². The van der Waals surface area contributed by atoms with Crippen LogP contribution in [0.25, 0.3) is 6.08 Å². The number of carboxylic acids is 1. The molecule has 0 heterocycles. The van der Waals surface area contributed by atoms with Crippen LogP contribution in [0.2, 0.25) is 0 Å². The van der Waals surface area contributed by atoms with Crippen molar-refractivity contribution in [3.05, 3.63) is 41.0 Å². The van der Waals surface area contributed by atoms with Gasteiger partial charge in [0.15, 0.2) is 0 Å². The van der Waals surface area contributed by atoms with E-state index in [1.165, 1.54) is 16.7 Å². The van der Waals surface area contributed by atoms with Crippen molar-refractivity contribution < 1.29 is 14.7 Å². The fourth-order valence-corrected chi connectivity index (χ4v) is 3.72. The number of carboxylic acid groups (broad SMARTS) is 1. The first kappa shape index (κ1) is 19.4. The molecule has 1 fully saturated rings. The lowest BCUT2D eigenvalue weighted by atomic mass is 9.89. The minimum absolute atomic E-state index is 0.154. The molecule has 2 rings (SSSR count). The second kappa shape index (κ2) is 9.55. The van der Waals surface area contributed by atoms with Crippen LogP contribution in [0, 0.1) is 25.7 Å². The molecule has 1 aromatic carbocycles. The van der Waals surface area contributed by atoms with Crippen LogP contribution in [0.5, 0.6) is 0 Å². The number of aliphatic carboxylic acids is 1. The highest BCUT2D eigenvalue weighted by Gasteiger charge is 2.32. The number of carbonyl (C=O) groups is 2. The Balaban J connectivity index is 1.85. The topological polar surface area (TPSA) is 54.4 Å². The van der Waals surface area contributed by atoms with Crippen molar-refractivity contribution >= 4 is 17.8 Å². The second-order valence-corrected chi connectivity index (χ2v) is 7.27. The number of hydrogen-bond donors (Lipinski definition) is 1. The van der Waals surface area contributed by atoms with Gasteiger partial charge in [-0.3, -0.25) is 9.59 Å². The van der Waals surface area contributed by atoms with Crippen LogP contribution in [0.1, 0.15) is 68.1 Å². The molecule has 3 heteroatoms. The van der Waals surface area contributed by atoms with Gasteiger partial charge in [0.1, 0.15) is 5.78 Å². The highest BCUT2D eigenvalue weighted by molar-refractivity contribution is 5.84. The van der Waals surface area contributed by atoms with E-state index in [9.17, 15) is 9.59 Å². The number of carbonyl (C=O) groups excluding carboxylic acids is 1. The first-order valence-corrected chi connectivity index (χ1v) is 9.48. The van der Waals surface area contributed by atoms with Crippen LogP contribution in [-0.2, 0) is 9.59 Å². The normalized spacial score (nSPS) is 20.5. The Kier molecular flexibility index (Phi) is 7.42. The van der Waals surface area contributed by atoms with Crippen molar-refractivity contribution in [2.45, 2.75) is 65.2 Å². The largest absolute Gasteiger partial charge is 0.481 e. The fourth-order valence-electron chi connectivity index (χ4n) is 3.72. The Hall–Kier alpha value is -1.90. The number of benzene rings is 1. The van der Waals surface area contributed by atoms with Crippen molar-refractivity contribution in [3.63, 3.8) is 0 Å². The number of hydrogen-bond acceptors (Lipinski definition) is 2. The van der Waals surface area contributed by atoms with E-state index in [-0.39, 0.29) is 12.3 Å². The quantitative estimate of drug-likeness (QED) is 0.617. The molecule has 25 heavy (non-hydrogen) atoms. The summed E-state index contributed by atoms with van der Waals surface area (Å²) >= 11 is 0. The van der Waals surface area contributed by atoms with Crippen molar-refractivity contribution in [2.75, 3.05) is 0 Å². The number of allylic oxidation sites excluding steroid dienone is 1. The lowest BCUT2D eigenvalue weighted by molar-refractivity contribution is -0.137. The van der Waals surface area contributed by atoms with Gasteiger partial charge in [-0.25, -0.2) is 0 Å². The summed E-state index contributed by atoms with van der Waals surface area (Å²) in [5.41, 5.74) is 3.84. The molecule has 0 saturated heterocycles. The minimum atomic E-state index is -0.720. The van der Waals surface area contributed by atoms with Crippen LogP contribution in [0.3, 0.4) is 0 Å². The molecule has 1 saturated carbocycles. The standard InChI is InChI=1S/C22H30O3/c1-16-8-7-9-18(17(16)2)12-13-19-14-15-21(23)20(19)10-5-3-4-6-11-22(24)25/h7-9,12-13,19-20H,3-6,10-11,14-15H2,1-2H3,(H,24,25)/t19-,20+/m1/s1. The molecule has 0 amide bonds. The highest BCUT2D eigenvalue weighted by Crippen LogP contribution is 2.34. The van der Waals surface area contributed by atoms with Crippen molar-refractivity contribution in [1.29, 1.82) is 0 Å². The summed E-state index contributed by atoms with van der Waals surface area (Å²) in [5.74, 6) is 0.191. The minimum Gasteiger partial charge on any atom is -0.481 e. The number of ketones is 1. The van der Waals surface area contributed by atoms with E-state index in [0.29, 0.717) is 18.1 Å². The molecule has 0 radical (unpaired) electrons. The third-order valence-corrected chi connectivity index (χ3v) is 5.48. The lowest BCUT2D eigenvalue weighted by Crippen LogP contribution is -2.13. The SMILES string of the molecule is Cc1cccc(C=C[C@@H]2CCC(=O)[C@H]2CCCCCCC(=O)O)c1C. The first-order chi connectivity index (χ1) is 12.0. The molecule has 0 aliphatic heterocycles. The summed E-state index contributed by atoms with van der Waals surface area (Å²) in [6, 6.07) is 6.34. The molecule has 0 bridgehead atoms. The van der Waals surface area contributed by atoms with E-state index in [4.69, 9.17) is 5.11 Å². The van der Waals surface area contributed by atoms with Crippen LogP contribution < -0.4 is 0 Å². The van der Waals surface area contributed by atoms with Gasteiger partial charge in [-0.1, -0.05) is 49.6 Å². The maximum atomic E-state index is 12.2. The summed E-state index contributed by atoms with van der Waals surface area (Å²) in [6.45, 7) is 4.27. The zero-order chi connectivity index (χ0) is 18.2. The Morgan fingerprint density at radius 3 is 2.72 bits per heavy atom. The van der Waals surface area contributed by atoms with Crippen molar-refractivity contribution in [1.82, 2.24) is 0 Å². The molecule has 136 valence electrons. The van der Waals surface area contributed by atoms with Crippen molar-refractivity contribution in [3.8, 4) is 0 Å². The number of aryl methyl sites for hydroxylation is 1. The molecular weight excluding hydrogens is 312 g/mol. The fraction of sp³-hybridized carbons (Fsp3) is 0.545. The molecular formula is C22H30O3. The van der Waals surface area contributed by atoms with Crippen LogP contribution >= 0.6 is 0 Å². The Bertz CT molecular complexity index is 630. The third kappa shape index (κ3) is 5.84. The summed E-state index contributed by atoms with van der Waals surface area (Å²) in [4.78, 5) is 22.7. The van der Waals surface area contributed by atoms with Crippen LogP contribution in [-0.4, -0.2) is 16.9 Å². The number of unbranched alkanes of at least 4 members (excludes halogenated alkanes) is 3. The van der Waals surface area contributed by atoms with Gasteiger partial charge >= 0.3 is 5.97 Å². The predicted molar refractivity (Wildman–Crippen MR) is 102 cm³/mol. The molecule has 3 nitrogen and oxygen atoms in total. The average molecular weight is 342 g/mol. The van der Waals surface area contributed by atoms with E-state index < -0.39 is 5.97 Å². The maximum absolute atomic E-state index is 12.2. The summed E-state index contributed by atoms with van der Waals surface area (Å²) in [7, 11) is 0. The van der Waals surface area contributed by atoms with E-state index >= 15 is 0 Å². The lowest BCUT2D eigenvalue weighted by Gasteiger charge is -2.15. The first-order valence-electron chi connectivity index (χ1n) is 9.48. The van der Waals surface area contributed by atoms with E-state index in [1.807, 2.05) is 0 Å². The van der Waals surface area contributed by atoms with E-state index in [0.717, 1.165) is 38.5 Å². The van der Waals surface area contributed by atoms with Gasteiger partial charge in [0, 0.05) is 18.8 Å². The molecule has 1 aliphatic carbocycles. The van der Waals surface area contributed by atoms with Crippen LogP contribution in [0.4, 0.5) is 0 Å².